The van der Waals surface area contributed by atoms with Crippen LogP contribution in [0.2, 0.25) is 0 Å². The molecule has 154 valence electrons. The molecule has 3 rings (SSSR count). The van der Waals surface area contributed by atoms with Crippen molar-refractivity contribution in [3.8, 4) is 0 Å². The van der Waals surface area contributed by atoms with Crippen molar-refractivity contribution in [2.24, 2.45) is 0 Å². The number of rotatable bonds is 8. The first-order chi connectivity index (χ1) is 14.1. The molecule has 2 heterocycles. The summed E-state index contributed by atoms with van der Waals surface area (Å²) in [4.78, 5) is 36.4. The minimum atomic E-state index is -0.106. The van der Waals surface area contributed by atoms with Gasteiger partial charge in [0.15, 0.2) is 0 Å². The number of anilines is 2. The van der Waals surface area contributed by atoms with E-state index in [0.717, 1.165) is 56.3 Å². The Balaban J connectivity index is 1.29. The van der Waals surface area contributed by atoms with Crippen LogP contribution in [0.15, 0.2) is 42.7 Å². The molecule has 1 fully saturated rings. The van der Waals surface area contributed by atoms with Crippen LogP contribution >= 0.6 is 0 Å². The molecule has 1 saturated heterocycles. The van der Waals surface area contributed by atoms with Crippen LogP contribution in [0.5, 0.6) is 0 Å². The molecule has 0 radical (unpaired) electrons. The summed E-state index contributed by atoms with van der Waals surface area (Å²) >= 11 is 0. The molecule has 1 aromatic heterocycles. The number of nitrogens with one attached hydrogen (secondary N) is 2. The van der Waals surface area contributed by atoms with Crippen LogP contribution in [0.1, 0.15) is 18.9 Å². The van der Waals surface area contributed by atoms with Crippen LogP contribution in [0.4, 0.5) is 11.6 Å². The molecule has 1 aromatic carbocycles. The van der Waals surface area contributed by atoms with Gasteiger partial charge in [0, 0.05) is 57.7 Å². The van der Waals surface area contributed by atoms with E-state index < -0.39 is 0 Å². The second-order valence-electron chi connectivity index (χ2n) is 7.14. The Kier molecular flexibility index (Phi) is 7.52. The summed E-state index contributed by atoms with van der Waals surface area (Å²) in [6, 6.07) is 9.17. The average molecular weight is 396 g/mol. The maximum atomic E-state index is 12.1. The van der Waals surface area contributed by atoms with Gasteiger partial charge in [-0.2, -0.15) is 0 Å². The van der Waals surface area contributed by atoms with E-state index in [-0.39, 0.29) is 11.8 Å². The lowest BCUT2D eigenvalue weighted by Gasteiger charge is -2.34. The molecular formula is C21H28N6O2. The van der Waals surface area contributed by atoms with E-state index in [1.807, 2.05) is 30.3 Å². The molecule has 2 aromatic rings. The Hall–Kier alpha value is -3.00. The quantitative estimate of drug-likeness (QED) is 0.654. The summed E-state index contributed by atoms with van der Waals surface area (Å²) in [5, 5.41) is 5.70. The molecule has 29 heavy (non-hydrogen) atoms. The van der Waals surface area contributed by atoms with Gasteiger partial charge in [-0.15, -0.1) is 0 Å². The van der Waals surface area contributed by atoms with Gasteiger partial charge in [-0.05, 0) is 36.7 Å². The predicted octanol–water partition coefficient (Wildman–Crippen LogP) is 1.31. The third-order valence-corrected chi connectivity index (χ3v) is 4.82. The number of benzene rings is 1. The van der Waals surface area contributed by atoms with Crippen molar-refractivity contribution >= 4 is 23.5 Å². The number of amides is 2. The summed E-state index contributed by atoms with van der Waals surface area (Å²) in [5.41, 5.74) is 1.66. The molecule has 0 atom stereocenters. The Morgan fingerprint density at radius 2 is 1.72 bits per heavy atom. The summed E-state index contributed by atoms with van der Waals surface area (Å²) in [6.45, 7) is 6.91. The largest absolute Gasteiger partial charge is 0.356 e. The van der Waals surface area contributed by atoms with Gasteiger partial charge in [0.2, 0.25) is 17.8 Å². The van der Waals surface area contributed by atoms with E-state index >= 15 is 0 Å². The van der Waals surface area contributed by atoms with E-state index in [4.69, 9.17) is 0 Å². The van der Waals surface area contributed by atoms with Gasteiger partial charge in [0.05, 0.1) is 6.42 Å². The number of nitrogens with zero attached hydrogens (tertiary/aromatic N) is 4. The molecule has 1 aliphatic heterocycles. The Bertz CT molecular complexity index is 789. The van der Waals surface area contributed by atoms with E-state index in [0.29, 0.717) is 13.0 Å². The predicted molar refractivity (Wildman–Crippen MR) is 113 cm³/mol. The van der Waals surface area contributed by atoms with Crippen LogP contribution in [0.3, 0.4) is 0 Å². The minimum Gasteiger partial charge on any atom is -0.356 e. The summed E-state index contributed by atoms with van der Waals surface area (Å²) < 4.78 is 0. The van der Waals surface area contributed by atoms with Crippen molar-refractivity contribution in [1.82, 2.24) is 20.2 Å². The SMILES string of the molecule is CC(=O)Nc1ccc(CC(=O)NCCCN2CCN(c3ncccn3)CC2)cc1. The molecule has 1 aliphatic rings. The molecule has 0 spiro atoms. The van der Waals surface area contributed by atoms with Gasteiger partial charge in [0.25, 0.3) is 0 Å². The van der Waals surface area contributed by atoms with Gasteiger partial charge in [0.1, 0.15) is 0 Å². The summed E-state index contributed by atoms with van der Waals surface area (Å²) in [5.74, 6) is 0.707. The van der Waals surface area contributed by atoms with Crippen LogP contribution in [-0.2, 0) is 16.0 Å². The normalized spacial score (nSPS) is 14.4. The van der Waals surface area contributed by atoms with Crippen molar-refractivity contribution in [3.05, 3.63) is 48.3 Å². The fourth-order valence-corrected chi connectivity index (χ4v) is 3.31. The zero-order valence-electron chi connectivity index (χ0n) is 16.8. The fourth-order valence-electron chi connectivity index (χ4n) is 3.31. The molecule has 0 aliphatic carbocycles. The Labute approximate surface area is 171 Å². The second-order valence-corrected chi connectivity index (χ2v) is 7.14. The smallest absolute Gasteiger partial charge is 0.225 e. The van der Waals surface area contributed by atoms with Crippen molar-refractivity contribution < 1.29 is 9.59 Å². The highest BCUT2D eigenvalue weighted by atomic mass is 16.2. The molecule has 0 saturated carbocycles. The van der Waals surface area contributed by atoms with Gasteiger partial charge in [-0.1, -0.05) is 12.1 Å². The lowest BCUT2D eigenvalue weighted by Crippen LogP contribution is -2.47. The van der Waals surface area contributed by atoms with Crippen molar-refractivity contribution in [3.63, 3.8) is 0 Å². The van der Waals surface area contributed by atoms with Crippen LogP contribution in [0, 0.1) is 0 Å². The van der Waals surface area contributed by atoms with Crippen LogP contribution < -0.4 is 15.5 Å². The number of hydrogen-bond donors (Lipinski definition) is 2. The van der Waals surface area contributed by atoms with E-state index in [2.05, 4.69) is 30.4 Å². The standard InChI is InChI=1S/C21H28N6O2/c1-17(28)25-19-6-4-18(5-7-19)16-20(29)22-10-3-11-26-12-14-27(15-13-26)21-23-8-2-9-24-21/h2,4-9H,3,10-16H2,1H3,(H,22,29)(H,25,28). The zero-order valence-corrected chi connectivity index (χ0v) is 16.8. The van der Waals surface area contributed by atoms with Crippen molar-refractivity contribution in [2.75, 3.05) is 49.5 Å². The number of hydrogen-bond acceptors (Lipinski definition) is 6. The highest BCUT2D eigenvalue weighted by Crippen LogP contribution is 2.11. The molecule has 8 heteroatoms. The molecule has 0 bridgehead atoms. The second kappa shape index (κ2) is 10.5. The van der Waals surface area contributed by atoms with Gasteiger partial charge in [-0.3, -0.25) is 14.5 Å². The average Bonchev–Trinajstić information content (AvgIpc) is 2.73. The fraction of sp³-hybridized carbons (Fsp3) is 0.429. The van der Waals surface area contributed by atoms with Gasteiger partial charge < -0.3 is 15.5 Å². The molecule has 2 N–H and O–H groups in total. The first-order valence-electron chi connectivity index (χ1n) is 9.98. The van der Waals surface area contributed by atoms with Gasteiger partial charge >= 0.3 is 0 Å². The van der Waals surface area contributed by atoms with Gasteiger partial charge in [-0.25, -0.2) is 9.97 Å². The summed E-state index contributed by atoms with van der Waals surface area (Å²) in [7, 11) is 0. The van der Waals surface area contributed by atoms with E-state index in [1.54, 1.807) is 12.4 Å². The van der Waals surface area contributed by atoms with Crippen molar-refractivity contribution in [1.29, 1.82) is 0 Å². The Morgan fingerprint density at radius 1 is 1.03 bits per heavy atom. The summed E-state index contributed by atoms with van der Waals surface area (Å²) in [6.07, 6.45) is 4.81. The number of carbonyl (C=O) groups excluding carboxylic acids is 2. The Morgan fingerprint density at radius 3 is 2.38 bits per heavy atom. The highest BCUT2D eigenvalue weighted by Gasteiger charge is 2.18. The lowest BCUT2D eigenvalue weighted by molar-refractivity contribution is -0.120. The minimum absolute atomic E-state index is 0.0170. The van der Waals surface area contributed by atoms with E-state index in [9.17, 15) is 9.59 Å². The van der Waals surface area contributed by atoms with Crippen LogP contribution in [0.25, 0.3) is 0 Å². The highest BCUT2D eigenvalue weighted by molar-refractivity contribution is 5.88. The first kappa shape index (κ1) is 20.7. The molecule has 2 amide bonds. The number of carbonyl (C=O) groups is 2. The third kappa shape index (κ3) is 6.83. The topological polar surface area (TPSA) is 90.5 Å². The number of piperazine rings is 1. The number of aromatic nitrogens is 2. The third-order valence-electron chi connectivity index (χ3n) is 4.82. The monoisotopic (exact) mass is 396 g/mol. The van der Waals surface area contributed by atoms with E-state index in [1.165, 1.54) is 6.92 Å². The molecule has 8 nitrogen and oxygen atoms in total. The molecule has 0 unspecified atom stereocenters. The maximum Gasteiger partial charge on any atom is 0.225 e. The first-order valence-corrected chi connectivity index (χ1v) is 9.98. The molecular weight excluding hydrogens is 368 g/mol. The lowest BCUT2D eigenvalue weighted by atomic mass is 10.1. The zero-order chi connectivity index (χ0) is 20.5. The maximum absolute atomic E-state index is 12.1. The van der Waals surface area contributed by atoms with Crippen molar-refractivity contribution in [2.45, 2.75) is 19.8 Å². The van der Waals surface area contributed by atoms with Crippen LogP contribution in [-0.4, -0.2) is 66.0 Å².